The molecule has 1 aromatic heterocycles. The zero-order valence-corrected chi connectivity index (χ0v) is 12.2. The highest BCUT2D eigenvalue weighted by Gasteiger charge is 2.23. The molecule has 1 aromatic carbocycles. The first-order valence-corrected chi connectivity index (χ1v) is 6.74. The van der Waals surface area contributed by atoms with E-state index in [1.54, 1.807) is 13.4 Å². The molecule has 2 unspecified atom stereocenters. The van der Waals surface area contributed by atoms with E-state index in [2.05, 4.69) is 24.1 Å². The number of likely N-dealkylation sites (N-methyl/N-ethyl adjacent to an activating group) is 1. The smallest absolute Gasteiger partial charge is 0.122 e. The lowest BCUT2D eigenvalue weighted by molar-refractivity contribution is 0.184. The van der Waals surface area contributed by atoms with E-state index in [-0.39, 0.29) is 12.1 Å². The van der Waals surface area contributed by atoms with Crippen LogP contribution < -0.4 is 10.5 Å². The number of nitrogens with two attached hydrogens (primary N) is 1. The summed E-state index contributed by atoms with van der Waals surface area (Å²) >= 11 is 0. The van der Waals surface area contributed by atoms with E-state index < -0.39 is 0 Å². The highest BCUT2D eigenvalue weighted by atomic mass is 16.5. The Kier molecular flexibility index (Phi) is 4.82. The summed E-state index contributed by atoms with van der Waals surface area (Å²) in [7, 11) is 3.73. The van der Waals surface area contributed by atoms with Gasteiger partial charge in [0.2, 0.25) is 0 Å². The Bertz CT molecular complexity index is 506. The minimum absolute atomic E-state index is 0.00982. The van der Waals surface area contributed by atoms with E-state index in [0.717, 1.165) is 18.1 Å². The van der Waals surface area contributed by atoms with Crippen LogP contribution in [-0.2, 0) is 6.54 Å². The zero-order valence-electron chi connectivity index (χ0n) is 12.2. The van der Waals surface area contributed by atoms with Crippen molar-refractivity contribution < 1.29 is 9.15 Å². The Hall–Kier alpha value is -1.78. The van der Waals surface area contributed by atoms with Crippen molar-refractivity contribution in [3.8, 4) is 5.75 Å². The van der Waals surface area contributed by atoms with E-state index >= 15 is 0 Å². The van der Waals surface area contributed by atoms with E-state index in [4.69, 9.17) is 14.9 Å². The second-order valence-electron chi connectivity index (χ2n) is 5.08. The summed E-state index contributed by atoms with van der Waals surface area (Å²) in [6, 6.07) is 12.0. The predicted molar refractivity (Wildman–Crippen MR) is 79.6 cm³/mol. The van der Waals surface area contributed by atoms with Gasteiger partial charge in [-0.25, -0.2) is 0 Å². The van der Waals surface area contributed by atoms with Crippen LogP contribution in [0.15, 0.2) is 47.1 Å². The summed E-state index contributed by atoms with van der Waals surface area (Å²) in [4.78, 5) is 2.20. The Balaban J connectivity index is 2.10. The van der Waals surface area contributed by atoms with Gasteiger partial charge in [0, 0.05) is 12.6 Å². The number of hydrogen-bond donors (Lipinski definition) is 1. The first-order valence-electron chi connectivity index (χ1n) is 6.74. The number of nitrogens with zero attached hydrogens (tertiary/aromatic N) is 1. The number of ether oxygens (including phenoxy) is 1. The molecule has 0 saturated carbocycles. The molecule has 0 aliphatic carbocycles. The molecule has 1 heterocycles. The molecule has 2 aromatic rings. The van der Waals surface area contributed by atoms with Crippen LogP contribution in [-0.4, -0.2) is 25.1 Å². The van der Waals surface area contributed by atoms with Gasteiger partial charge in [0.05, 0.1) is 19.4 Å². The van der Waals surface area contributed by atoms with Crippen molar-refractivity contribution in [1.82, 2.24) is 4.90 Å². The van der Waals surface area contributed by atoms with Gasteiger partial charge in [-0.15, -0.1) is 0 Å². The zero-order chi connectivity index (χ0) is 14.5. The predicted octanol–water partition coefficient (Wildman–Crippen LogP) is 2.81. The summed E-state index contributed by atoms with van der Waals surface area (Å²) in [5, 5.41) is 0. The summed E-state index contributed by atoms with van der Waals surface area (Å²) in [5.74, 6) is 1.77. The standard InChI is InChI=1S/C16H22N2O2/c1-12(17)16(15-5-4-10-20-15)18(2)11-13-6-8-14(19-3)9-7-13/h4-10,12,16H,11,17H2,1-3H3. The SMILES string of the molecule is COc1ccc(CN(C)C(c2ccco2)C(C)N)cc1. The van der Waals surface area contributed by atoms with Crippen LogP contribution in [0.1, 0.15) is 24.3 Å². The number of furan rings is 1. The molecule has 0 radical (unpaired) electrons. The van der Waals surface area contributed by atoms with Gasteiger partial charge in [-0.05, 0) is 43.8 Å². The molecule has 20 heavy (non-hydrogen) atoms. The maximum atomic E-state index is 6.11. The molecule has 108 valence electrons. The van der Waals surface area contributed by atoms with Crippen LogP contribution >= 0.6 is 0 Å². The molecule has 0 bridgehead atoms. The van der Waals surface area contributed by atoms with Crippen LogP contribution in [0.25, 0.3) is 0 Å². The first-order chi connectivity index (χ1) is 9.61. The van der Waals surface area contributed by atoms with Gasteiger partial charge in [-0.2, -0.15) is 0 Å². The van der Waals surface area contributed by atoms with Crippen molar-refractivity contribution in [2.24, 2.45) is 5.73 Å². The van der Waals surface area contributed by atoms with Gasteiger partial charge >= 0.3 is 0 Å². The van der Waals surface area contributed by atoms with Gasteiger partial charge in [0.25, 0.3) is 0 Å². The second kappa shape index (κ2) is 6.59. The van der Waals surface area contributed by atoms with E-state index in [9.17, 15) is 0 Å². The third-order valence-electron chi connectivity index (χ3n) is 3.40. The van der Waals surface area contributed by atoms with Crippen molar-refractivity contribution >= 4 is 0 Å². The van der Waals surface area contributed by atoms with Crippen molar-refractivity contribution in [1.29, 1.82) is 0 Å². The second-order valence-corrected chi connectivity index (χ2v) is 5.08. The van der Waals surface area contributed by atoms with Crippen LogP contribution in [0.2, 0.25) is 0 Å². The van der Waals surface area contributed by atoms with Gasteiger partial charge in [0.15, 0.2) is 0 Å². The number of methoxy groups -OCH3 is 1. The summed E-state index contributed by atoms with van der Waals surface area (Å²) in [5.41, 5.74) is 7.32. The number of rotatable bonds is 6. The van der Waals surface area contributed by atoms with Gasteiger partial charge in [-0.3, -0.25) is 4.90 Å². The molecular weight excluding hydrogens is 252 g/mol. The molecule has 0 spiro atoms. The monoisotopic (exact) mass is 274 g/mol. The topological polar surface area (TPSA) is 51.6 Å². The first kappa shape index (κ1) is 14.6. The van der Waals surface area contributed by atoms with Gasteiger partial charge < -0.3 is 14.9 Å². The highest BCUT2D eigenvalue weighted by Crippen LogP contribution is 2.24. The molecule has 4 nitrogen and oxygen atoms in total. The van der Waals surface area contributed by atoms with Crippen LogP contribution in [0.3, 0.4) is 0 Å². The van der Waals surface area contributed by atoms with Crippen LogP contribution in [0.5, 0.6) is 5.75 Å². The summed E-state index contributed by atoms with van der Waals surface area (Å²) in [6.07, 6.45) is 1.69. The van der Waals surface area contributed by atoms with Crippen molar-refractivity contribution in [2.45, 2.75) is 25.6 Å². The molecule has 0 saturated heterocycles. The van der Waals surface area contributed by atoms with Gasteiger partial charge in [0.1, 0.15) is 11.5 Å². The molecule has 2 atom stereocenters. The quantitative estimate of drug-likeness (QED) is 0.880. The average Bonchev–Trinajstić information content (AvgIpc) is 2.93. The largest absolute Gasteiger partial charge is 0.497 e. The van der Waals surface area contributed by atoms with Crippen molar-refractivity contribution in [3.05, 3.63) is 54.0 Å². The molecule has 4 heteroatoms. The number of benzene rings is 1. The van der Waals surface area contributed by atoms with Crippen molar-refractivity contribution in [3.63, 3.8) is 0 Å². The lowest BCUT2D eigenvalue weighted by Crippen LogP contribution is -2.36. The minimum Gasteiger partial charge on any atom is -0.497 e. The number of hydrogen-bond acceptors (Lipinski definition) is 4. The average molecular weight is 274 g/mol. The fourth-order valence-electron chi connectivity index (χ4n) is 2.45. The Morgan fingerprint density at radius 3 is 2.45 bits per heavy atom. The van der Waals surface area contributed by atoms with Gasteiger partial charge in [-0.1, -0.05) is 12.1 Å². The lowest BCUT2D eigenvalue weighted by Gasteiger charge is -2.29. The molecular formula is C16H22N2O2. The van der Waals surface area contributed by atoms with Crippen molar-refractivity contribution in [2.75, 3.05) is 14.2 Å². The van der Waals surface area contributed by atoms with E-state index in [1.807, 2.05) is 31.2 Å². The molecule has 0 aliphatic heterocycles. The molecule has 2 N–H and O–H groups in total. The van der Waals surface area contributed by atoms with E-state index in [1.165, 1.54) is 5.56 Å². The Labute approximate surface area is 120 Å². The fraction of sp³-hybridized carbons (Fsp3) is 0.375. The third-order valence-corrected chi connectivity index (χ3v) is 3.40. The summed E-state index contributed by atoms with van der Waals surface area (Å²) in [6.45, 7) is 2.80. The van der Waals surface area contributed by atoms with Crippen LogP contribution in [0.4, 0.5) is 0 Å². The Morgan fingerprint density at radius 2 is 1.95 bits per heavy atom. The lowest BCUT2D eigenvalue weighted by atomic mass is 10.1. The maximum absolute atomic E-state index is 6.11. The minimum atomic E-state index is -0.00982. The molecule has 0 aliphatic rings. The molecule has 0 amide bonds. The fourth-order valence-corrected chi connectivity index (χ4v) is 2.45. The third kappa shape index (κ3) is 3.40. The van der Waals surface area contributed by atoms with E-state index in [0.29, 0.717) is 0 Å². The molecule has 2 rings (SSSR count). The normalized spacial score (nSPS) is 14.2. The van der Waals surface area contributed by atoms with Crippen LogP contribution in [0, 0.1) is 0 Å². The highest BCUT2D eigenvalue weighted by molar-refractivity contribution is 5.27. The Morgan fingerprint density at radius 1 is 1.25 bits per heavy atom. The maximum Gasteiger partial charge on any atom is 0.122 e. The molecule has 0 fully saturated rings. The summed E-state index contributed by atoms with van der Waals surface area (Å²) < 4.78 is 10.7.